The maximum Gasteiger partial charge on any atom is 0.418 e. The normalized spacial score (nSPS) is 11.8. The highest BCUT2D eigenvalue weighted by atomic mass is 19.4. The molecule has 0 saturated heterocycles. The topological polar surface area (TPSA) is 29.3 Å². The zero-order valence-electron chi connectivity index (χ0n) is 10.9. The molecule has 2 aromatic heterocycles. The van der Waals surface area contributed by atoms with E-state index in [9.17, 15) is 13.2 Å². The Hall–Kier alpha value is -2.50. The quantitative estimate of drug-likeness (QED) is 0.791. The fourth-order valence-electron chi connectivity index (χ4n) is 2.20. The van der Waals surface area contributed by atoms with Crippen LogP contribution in [0.2, 0.25) is 0 Å². The van der Waals surface area contributed by atoms with Crippen molar-refractivity contribution < 1.29 is 13.2 Å². The van der Waals surface area contributed by atoms with Crippen LogP contribution in [0, 0.1) is 0 Å². The summed E-state index contributed by atoms with van der Waals surface area (Å²) >= 11 is 0. The number of nitrogens with one attached hydrogen (secondary N) is 1. The van der Waals surface area contributed by atoms with Gasteiger partial charge in [-0.1, -0.05) is 18.2 Å². The first-order valence-electron chi connectivity index (χ1n) is 6.37. The van der Waals surface area contributed by atoms with Crippen LogP contribution < -0.4 is 5.32 Å². The average molecular weight is 291 g/mol. The van der Waals surface area contributed by atoms with Crippen LogP contribution in [0.3, 0.4) is 0 Å². The number of anilines is 1. The van der Waals surface area contributed by atoms with Gasteiger partial charge in [-0.2, -0.15) is 18.3 Å². The highest BCUT2D eigenvalue weighted by Crippen LogP contribution is 2.34. The van der Waals surface area contributed by atoms with E-state index in [0.717, 1.165) is 17.1 Å². The fraction of sp³-hybridized carbons (Fsp3) is 0.133. The number of halogens is 3. The van der Waals surface area contributed by atoms with Crippen LogP contribution in [0.15, 0.2) is 54.9 Å². The largest absolute Gasteiger partial charge is 0.418 e. The van der Waals surface area contributed by atoms with Crippen molar-refractivity contribution >= 4 is 11.2 Å². The van der Waals surface area contributed by atoms with Gasteiger partial charge in [0, 0.05) is 24.0 Å². The Kier molecular flexibility index (Phi) is 3.29. The van der Waals surface area contributed by atoms with E-state index in [1.807, 2.05) is 18.2 Å². The Bertz CT molecular complexity index is 762. The number of aromatic nitrogens is 2. The second kappa shape index (κ2) is 5.12. The summed E-state index contributed by atoms with van der Waals surface area (Å²) in [5, 5.41) is 7.00. The van der Waals surface area contributed by atoms with Gasteiger partial charge in [-0.3, -0.25) is 0 Å². The summed E-state index contributed by atoms with van der Waals surface area (Å²) in [5.41, 5.74) is 1.11. The minimum atomic E-state index is -4.37. The van der Waals surface area contributed by atoms with Gasteiger partial charge in [-0.25, -0.2) is 4.52 Å². The van der Waals surface area contributed by atoms with Gasteiger partial charge in [0.25, 0.3) is 0 Å². The van der Waals surface area contributed by atoms with E-state index >= 15 is 0 Å². The Morgan fingerprint density at radius 1 is 1.05 bits per heavy atom. The molecule has 1 aromatic carbocycles. The number of para-hydroxylation sites is 1. The van der Waals surface area contributed by atoms with Crippen LogP contribution >= 0.6 is 0 Å². The van der Waals surface area contributed by atoms with Crippen LogP contribution in [0.1, 0.15) is 11.1 Å². The molecular formula is C15H12F3N3. The molecular weight excluding hydrogens is 279 g/mol. The molecule has 0 radical (unpaired) electrons. The molecule has 3 aromatic rings. The molecule has 0 aliphatic carbocycles. The number of hydrogen-bond acceptors (Lipinski definition) is 2. The van der Waals surface area contributed by atoms with Crippen LogP contribution in [-0.4, -0.2) is 9.61 Å². The molecule has 0 amide bonds. The lowest BCUT2D eigenvalue weighted by molar-refractivity contribution is -0.136. The molecule has 2 heterocycles. The molecule has 0 unspecified atom stereocenters. The molecule has 0 spiro atoms. The molecule has 0 fully saturated rings. The van der Waals surface area contributed by atoms with Gasteiger partial charge in [-0.15, -0.1) is 0 Å². The molecule has 21 heavy (non-hydrogen) atoms. The van der Waals surface area contributed by atoms with Crippen molar-refractivity contribution in [3.8, 4) is 0 Å². The molecule has 0 bridgehead atoms. The highest BCUT2D eigenvalue weighted by Gasteiger charge is 2.33. The van der Waals surface area contributed by atoms with E-state index < -0.39 is 11.7 Å². The molecule has 6 heteroatoms. The van der Waals surface area contributed by atoms with Gasteiger partial charge in [0.05, 0.1) is 17.3 Å². The number of pyridine rings is 1. The lowest BCUT2D eigenvalue weighted by Gasteiger charge is -2.13. The summed E-state index contributed by atoms with van der Waals surface area (Å²) in [4.78, 5) is 0. The zero-order valence-corrected chi connectivity index (χ0v) is 10.9. The summed E-state index contributed by atoms with van der Waals surface area (Å²) in [5.74, 6) is 0. The number of fused-ring (bicyclic) bond motifs is 1. The third kappa shape index (κ3) is 2.69. The smallest absolute Gasteiger partial charge is 0.380 e. The van der Waals surface area contributed by atoms with E-state index in [4.69, 9.17) is 0 Å². The SMILES string of the molecule is FC(F)(F)c1ccccc1NCc1cnn2ccccc12. The van der Waals surface area contributed by atoms with Crippen molar-refractivity contribution in [3.63, 3.8) is 0 Å². The highest BCUT2D eigenvalue weighted by molar-refractivity contribution is 5.57. The monoisotopic (exact) mass is 291 g/mol. The third-order valence-corrected chi connectivity index (χ3v) is 3.21. The van der Waals surface area contributed by atoms with Crippen molar-refractivity contribution in [2.45, 2.75) is 12.7 Å². The first-order valence-corrected chi connectivity index (χ1v) is 6.37. The van der Waals surface area contributed by atoms with Crippen LogP contribution in [0.5, 0.6) is 0 Å². The predicted molar refractivity (Wildman–Crippen MR) is 74.0 cm³/mol. The minimum Gasteiger partial charge on any atom is -0.380 e. The van der Waals surface area contributed by atoms with Crippen molar-refractivity contribution in [1.82, 2.24) is 9.61 Å². The number of benzene rings is 1. The van der Waals surface area contributed by atoms with Crippen molar-refractivity contribution in [1.29, 1.82) is 0 Å². The van der Waals surface area contributed by atoms with E-state index in [1.165, 1.54) is 12.1 Å². The standard InChI is InChI=1S/C15H12F3N3/c16-15(17,18)12-5-1-2-6-13(12)19-9-11-10-20-21-8-4-3-7-14(11)21/h1-8,10,19H,9H2. The fourth-order valence-corrected chi connectivity index (χ4v) is 2.20. The van der Waals surface area contributed by atoms with Gasteiger partial charge < -0.3 is 5.32 Å². The lowest BCUT2D eigenvalue weighted by Crippen LogP contribution is -2.10. The average Bonchev–Trinajstić information content (AvgIpc) is 2.88. The maximum atomic E-state index is 12.9. The predicted octanol–water partition coefficient (Wildman–Crippen LogP) is 3.97. The van der Waals surface area contributed by atoms with Crippen LogP contribution in [0.25, 0.3) is 5.52 Å². The molecule has 3 nitrogen and oxygen atoms in total. The first-order chi connectivity index (χ1) is 10.1. The molecule has 3 rings (SSSR count). The summed E-state index contributed by atoms with van der Waals surface area (Å²) in [6.07, 6.45) is -0.925. The summed E-state index contributed by atoms with van der Waals surface area (Å²) in [6, 6.07) is 11.0. The lowest BCUT2D eigenvalue weighted by atomic mass is 10.1. The van der Waals surface area contributed by atoms with Gasteiger partial charge >= 0.3 is 6.18 Å². The Balaban J connectivity index is 1.86. The summed E-state index contributed by atoms with van der Waals surface area (Å²) in [7, 11) is 0. The molecule has 0 saturated carbocycles. The second-order valence-electron chi connectivity index (χ2n) is 4.60. The van der Waals surface area contributed by atoms with Gasteiger partial charge in [-0.05, 0) is 24.3 Å². The third-order valence-electron chi connectivity index (χ3n) is 3.21. The van der Waals surface area contributed by atoms with Crippen molar-refractivity contribution in [3.05, 3.63) is 66.0 Å². The van der Waals surface area contributed by atoms with E-state index in [0.29, 0.717) is 0 Å². The minimum absolute atomic E-state index is 0.0697. The van der Waals surface area contributed by atoms with Gasteiger partial charge in [0.15, 0.2) is 0 Å². The molecule has 0 aliphatic rings. The number of alkyl halides is 3. The van der Waals surface area contributed by atoms with E-state index in [1.54, 1.807) is 23.0 Å². The van der Waals surface area contributed by atoms with E-state index in [2.05, 4.69) is 10.4 Å². The summed E-state index contributed by atoms with van der Waals surface area (Å²) < 4.78 is 40.4. The summed E-state index contributed by atoms with van der Waals surface area (Å²) in [6.45, 7) is 0.278. The molecule has 108 valence electrons. The Morgan fingerprint density at radius 2 is 1.81 bits per heavy atom. The number of nitrogens with zero attached hydrogens (tertiary/aromatic N) is 2. The van der Waals surface area contributed by atoms with Crippen molar-refractivity contribution in [2.75, 3.05) is 5.32 Å². The maximum absolute atomic E-state index is 12.9. The van der Waals surface area contributed by atoms with Gasteiger partial charge in [0.2, 0.25) is 0 Å². The first kappa shape index (κ1) is 13.5. The van der Waals surface area contributed by atoms with Gasteiger partial charge in [0.1, 0.15) is 0 Å². The molecule has 0 atom stereocenters. The number of rotatable bonds is 3. The second-order valence-corrected chi connectivity index (χ2v) is 4.60. The Labute approximate surface area is 119 Å². The van der Waals surface area contributed by atoms with Crippen LogP contribution in [0.4, 0.5) is 18.9 Å². The number of hydrogen-bond donors (Lipinski definition) is 1. The van der Waals surface area contributed by atoms with Crippen molar-refractivity contribution in [2.24, 2.45) is 0 Å². The van der Waals surface area contributed by atoms with E-state index in [-0.39, 0.29) is 12.2 Å². The zero-order chi connectivity index (χ0) is 14.9. The van der Waals surface area contributed by atoms with Crippen LogP contribution in [-0.2, 0) is 12.7 Å². The molecule has 1 N–H and O–H groups in total. The molecule has 0 aliphatic heterocycles. The Morgan fingerprint density at radius 3 is 2.62 bits per heavy atom.